The lowest BCUT2D eigenvalue weighted by Gasteiger charge is -2.19. The van der Waals surface area contributed by atoms with Gasteiger partial charge in [0.05, 0.1) is 12.2 Å². The standard InChI is InChI=1S/C13H15F3N2O5/c1-12(22,10(19)20)6-17-11(21)18-8-4-2-3-5-9(8)23-7-13(14,15)16/h2-5,22H,6-7H2,1H3,(H,19,20)(H2,17,18,21). The van der Waals surface area contributed by atoms with Crippen LogP contribution in [-0.4, -0.2) is 47.1 Å². The molecule has 4 N–H and O–H groups in total. The molecule has 0 saturated carbocycles. The van der Waals surface area contributed by atoms with Gasteiger partial charge in [0.25, 0.3) is 0 Å². The van der Waals surface area contributed by atoms with E-state index in [1.165, 1.54) is 24.3 Å². The Morgan fingerprint density at radius 1 is 1.26 bits per heavy atom. The van der Waals surface area contributed by atoms with Gasteiger partial charge in [0, 0.05) is 0 Å². The SMILES string of the molecule is CC(O)(CNC(=O)Nc1ccccc1OCC(F)(F)F)C(=O)O. The van der Waals surface area contributed by atoms with Crippen molar-refractivity contribution in [2.24, 2.45) is 0 Å². The molecule has 1 unspecified atom stereocenters. The Morgan fingerprint density at radius 2 is 1.87 bits per heavy atom. The zero-order chi connectivity index (χ0) is 17.7. The van der Waals surface area contributed by atoms with Crippen LogP contribution in [0.25, 0.3) is 0 Å². The van der Waals surface area contributed by atoms with Crippen molar-refractivity contribution >= 4 is 17.7 Å². The minimum atomic E-state index is -4.53. The van der Waals surface area contributed by atoms with Crippen LogP contribution >= 0.6 is 0 Å². The number of hydrogen-bond acceptors (Lipinski definition) is 4. The fraction of sp³-hybridized carbons (Fsp3) is 0.385. The Kier molecular flexibility index (Phi) is 5.79. The smallest absolute Gasteiger partial charge is 0.422 e. The van der Waals surface area contributed by atoms with E-state index >= 15 is 0 Å². The number of para-hydroxylation sites is 2. The molecule has 7 nitrogen and oxygen atoms in total. The molecule has 1 aromatic rings. The number of aliphatic hydroxyl groups is 1. The van der Waals surface area contributed by atoms with Crippen molar-refractivity contribution < 1.29 is 37.7 Å². The van der Waals surface area contributed by atoms with Gasteiger partial charge >= 0.3 is 18.2 Å². The number of aliphatic carboxylic acids is 1. The molecule has 0 saturated heterocycles. The summed E-state index contributed by atoms with van der Waals surface area (Å²) in [5.74, 6) is -1.74. The monoisotopic (exact) mass is 336 g/mol. The van der Waals surface area contributed by atoms with Gasteiger partial charge in [0.1, 0.15) is 5.75 Å². The van der Waals surface area contributed by atoms with Gasteiger partial charge in [-0.3, -0.25) is 0 Å². The van der Waals surface area contributed by atoms with Gasteiger partial charge in [0.2, 0.25) is 0 Å². The maximum Gasteiger partial charge on any atom is 0.422 e. The molecule has 0 heterocycles. The molecule has 0 bridgehead atoms. The highest BCUT2D eigenvalue weighted by Gasteiger charge is 2.31. The Balaban J connectivity index is 2.66. The number of anilines is 1. The number of nitrogens with one attached hydrogen (secondary N) is 2. The van der Waals surface area contributed by atoms with Crippen molar-refractivity contribution in [3.63, 3.8) is 0 Å². The first-order valence-electron chi connectivity index (χ1n) is 6.30. The molecule has 2 amide bonds. The molecule has 0 aromatic heterocycles. The van der Waals surface area contributed by atoms with E-state index in [9.17, 15) is 27.9 Å². The normalized spacial score (nSPS) is 13.8. The fourth-order valence-electron chi connectivity index (χ4n) is 1.35. The zero-order valence-corrected chi connectivity index (χ0v) is 12.0. The van der Waals surface area contributed by atoms with E-state index in [1.54, 1.807) is 0 Å². The van der Waals surface area contributed by atoms with Crippen LogP contribution in [0, 0.1) is 0 Å². The summed E-state index contributed by atoms with van der Waals surface area (Å²) in [5, 5.41) is 22.4. The second kappa shape index (κ2) is 7.18. The van der Waals surface area contributed by atoms with Gasteiger partial charge in [0.15, 0.2) is 12.2 Å². The van der Waals surface area contributed by atoms with Gasteiger partial charge in [-0.1, -0.05) is 12.1 Å². The Labute approximate surface area is 129 Å². The molecule has 1 aromatic carbocycles. The van der Waals surface area contributed by atoms with Crippen molar-refractivity contribution in [1.82, 2.24) is 5.32 Å². The van der Waals surface area contributed by atoms with Gasteiger partial charge < -0.3 is 25.6 Å². The van der Waals surface area contributed by atoms with Crippen LogP contribution in [0.5, 0.6) is 5.75 Å². The molecule has 0 fully saturated rings. The summed E-state index contributed by atoms with van der Waals surface area (Å²) in [4.78, 5) is 22.3. The average Bonchev–Trinajstić information content (AvgIpc) is 2.43. The van der Waals surface area contributed by atoms with Crippen LogP contribution in [0.15, 0.2) is 24.3 Å². The highest BCUT2D eigenvalue weighted by atomic mass is 19.4. The number of rotatable bonds is 6. The zero-order valence-electron chi connectivity index (χ0n) is 12.0. The minimum absolute atomic E-state index is 0.0378. The Morgan fingerprint density at radius 3 is 2.43 bits per heavy atom. The van der Waals surface area contributed by atoms with Crippen LogP contribution in [0.2, 0.25) is 0 Å². The maximum absolute atomic E-state index is 12.2. The molecule has 1 atom stereocenters. The van der Waals surface area contributed by atoms with Crippen LogP contribution < -0.4 is 15.4 Å². The lowest BCUT2D eigenvalue weighted by molar-refractivity contribution is -0.155. The van der Waals surface area contributed by atoms with Gasteiger partial charge in [-0.05, 0) is 19.1 Å². The van der Waals surface area contributed by atoms with Crippen molar-refractivity contribution in [3.8, 4) is 5.75 Å². The third-order valence-electron chi connectivity index (χ3n) is 2.58. The molecule has 10 heteroatoms. The molecule has 23 heavy (non-hydrogen) atoms. The lowest BCUT2D eigenvalue weighted by atomic mass is 10.1. The summed E-state index contributed by atoms with van der Waals surface area (Å²) in [6.45, 7) is -1.14. The summed E-state index contributed by atoms with van der Waals surface area (Å²) in [7, 11) is 0. The summed E-state index contributed by atoms with van der Waals surface area (Å²) in [6.07, 6.45) is -4.53. The second-order valence-electron chi connectivity index (χ2n) is 4.79. The van der Waals surface area contributed by atoms with E-state index in [1.807, 2.05) is 0 Å². The fourth-order valence-corrected chi connectivity index (χ4v) is 1.35. The van der Waals surface area contributed by atoms with E-state index in [0.717, 1.165) is 6.92 Å². The quantitative estimate of drug-likeness (QED) is 0.631. The van der Waals surface area contributed by atoms with Crippen LogP contribution in [0.4, 0.5) is 23.7 Å². The number of hydrogen-bond donors (Lipinski definition) is 4. The molecule has 0 radical (unpaired) electrons. The molecular weight excluding hydrogens is 321 g/mol. The number of alkyl halides is 3. The number of halogens is 3. The van der Waals surface area contributed by atoms with Gasteiger partial charge in [-0.2, -0.15) is 13.2 Å². The third kappa shape index (κ3) is 6.43. The van der Waals surface area contributed by atoms with Crippen LogP contribution in [-0.2, 0) is 4.79 Å². The third-order valence-corrected chi connectivity index (χ3v) is 2.58. The first-order chi connectivity index (χ1) is 10.5. The van der Waals surface area contributed by atoms with Crippen molar-refractivity contribution in [2.45, 2.75) is 18.7 Å². The average molecular weight is 336 g/mol. The first kappa shape index (κ1) is 18.6. The predicted molar refractivity (Wildman–Crippen MR) is 73.3 cm³/mol. The Hall–Kier alpha value is -2.49. The van der Waals surface area contributed by atoms with Crippen molar-refractivity contribution in [1.29, 1.82) is 0 Å². The van der Waals surface area contributed by atoms with Crippen LogP contribution in [0.3, 0.4) is 0 Å². The van der Waals surface area contributed by atoms with E-state index in [-0.39, 0.29) is 11.4 Å². The summed E-state index contributed by atoms with van der Waals surface area (Å²) in [5.41, 5.74) is -2.21. The number of urea groups is 1. The molecule has 128 valence electrons. The number of carboxylic acid groups (broad SMARTS) is 1. The van der Waals surface area contributed by atoms with Gasteiger partial charge in [-0.25, -0.2) is 9.59 Å². The Bertz CT molecular complexity index is 575. The molecule has 0 aliphatic carbocycles. The van der Waals surface area contributed by atoms with E-state index in [4.69, 9.17) is 5.11 Å². The van der Waals surface area contributed by atoms with E-state index in [0.29, 0.717) is 0 Å². The highest BCUT2D eigenvalue weighted by Crippen LogP contribution is 2.26. The molecule has 0 aliphatic rings. The lowest BCUT2D eigenvalue weighted by Crippen LogP contribution is -2.47. The van der Waals surface area contributed by atoms with E-state index in [2.05, 4.69) is 15.4 Å². The summed E-state index contributed by atoms with van der Waals surface area (Å²) < 4.78 is 41.0. The second-order valence-corrected chi connectivity index (χ2v) is 4.79. The molecular formula is C13H15F3N2O5. The summed E-state index contributed by atoms with van der Waals surface area (Å²) in [6, 6.07) is 4.51. The molecule has 1 rings (SSSR count). The maximum atomic E-state index is 12.2. The highest BCUT2D eigenvalue weighted by molar-refractivity contribution is 5.91. The number of amides is 2. The number of carboxylic acids is 1. The van der Waals surface area contributed by atoms with Crippen molar-refractivity contribution in [2.75, 3.05) is 18.5 Å². The molecule has 0 aliphatic heterocycles. The number of carbonyl (C=O) groups excluding carboxylic acids is 1. The first-order valence-corrected chi connectivity index (χ1v) is 6.30. The van der Waals surface area contributed by atoms with Crippen LogP contribution in [0.1, 0.15) is 6.92 Å². The predicted octanol–water partition coefficient (Wildman–Crippen LogP) is 1.58. The number of ether oxygens (including phenoxy) is 1. The van der Waals surface area contributed by atoms with E-state index < -0.39 is 36.9 Å². The number of carbonyl (C=O) groups is 2. The van der Waals surface area contributed by atoms with Crippen molar-refractivity contribution in [3.05, 3.63) is 24.3 Å². The van der Waals surface area contributed by atoms with Gasteiger partial charge in [-0.15, -0.1) is 0 Å². The largest absolute Gasteiger partial charge is 0.482 e. The topological polar surface area (TPSA) is 108 Å². The molecule has 0 spiro atoms. The minimum Gasteiger partial charge on any atom is -0.482 e. The summed E-state index contributed by atoms with van der Waals surface area (Å²) >= 11 is 0. The number of benzene rings is 1.